The molecule has 31 heavy (non-hydrogen) atoms. The van der Waals surface area contributed by atoms with Crippen molar-refractivity contribution in [2.24, 2.45) is 5.92 Å². The number of fused-ring (bicyclic) bond motifs is 2. The van der Waals surface area contributed by atoms with Crippen LogP contribution >= 0.6 is 0 Å². The Morgan fingerprint density at radius 2 is 1.48 bits per heavy atom. The maximum Gasteiger partial charge on any atom is 0.242 e. The lowest BCUT2D eigenvalue weighted by Gasteiger charge is -2.31. The Morgan fingerprint density at radius 1 is 0.903 bits per heavy atom. The molecule has 0 unspecified atom stereocenters. The molecule has 1 aliphatic carbocycles. The predicted octanol–water partition coefficient (Wildman–Crippen LogP) is 4.13. The molecule has 0 atom stereocenters. The van der Waals surface area contributed by atoms with Crippen molar-refractivity contribution in [2.45, 2.75) is 38.6 Å². The van der Waals surface area contributed by atoms with E-state index in [0.717, 1.165) is 30.7 Å². The van der Waals surface area contributed by atoms with Crippen molar-refractivity contribution in [2.75, 3.05) is 33.7 Å². The number of likely N-dealkylation sites (N-methyl/N-ethyl adjacent to an activating group) is 1. The minimum absolute atomic E-state index is 0.0292. The van der Waals surface area contributed by atoms with Crippen LogP contribution in [0.2, 0.25) is 0 Å². The van der Waals surface area contributed by atoms with Gasteiger partial charge in [0.05, 0.1) is 11.0 Å². The highest BCUT2D eigenvalue weighted by atomic mass is 16.2. The number of hydrogen-bond acceptors (Lipinski definition) is 3. The first-order valence-electron chi connectivity index (χ1n) is 11.5. The summed E-state index contributed by atoms with van der Waals surface area (Å²) in [5, 5.41) is 1.34. The second-order valence-corrected chi connectivity index (χ2v) is 9.10. The van der Waals surface area contributed by atoms with Crippen LogP contribution in [0, 0.1) is 5.92 Å². The number of benzene rings is 2. The van der Waals surface area contributed by atoms with Gasteiger partial charge in [-0.05, 0) is 57.1 Å². The van der Waals surface area contributed by atoms with E-state index >= 15 is 0 Å². The van der Waals surface area contributed by atoms with Crippen LogP contribution < -0.4 is 5.43 Å². The molecular weight excluding hydrogens is 386 g/mol. The molecule has 1 aromatic heterocycles. The van der Waals surface area contributed by atoms with Gasteiger partial charge in [-0.3, -0.25) is 9.59 Å². The van der Waals surface area contributed by atoms with E-state index in [1.807, 2.05) is 67.2 Å². The van der Waals surface area contributed by atoms with Gasteiger partial charge in [0.25, 0.3) is 0 Å². The lowest BCUT2D eigenvalue weighted by Crippen LogP contribution is -2.42. The molecule has 0 saturated heterocycles. The van der Waals surface area contributed by atoms with Crippen molar-refractivity contribution < 1.29 is 4.79 Å². The second-order valence-electron chi connectivity index (χ2n) is 9.10. The van der Waals surface area contributed by atoms with Crippen LogP contribution in [0.4, 0.5) is 0 Å². The Morgan fingerprint density at radius 3 is 2.06 bits per heavy atom. The average molecular weight is 420 g/mol. The number of pyridine rings is 1. The van der Waals surface area contributed by atoms with E-state index < -0.39 is 0 Å². The summed E-state index contributed by atoms with van der Waals surface area (Å²) in [6.45, 7) is 2.67. The van der Waals surface area contributed by atoms with Crippen molar-refractivity contribution in [3.63, 3.8) is 0 Å². The Hall–Kier alpha value is -2.66. The van der Waals surface area contributed by atoms with Gasteiger partial charge in [0.1, 0.15) is 6.54 Å². The summed E-state index contributed by atoms with van der Waals surface area (Å²) in [6.07, 6.45) is 6.30. The Bertz CT molecular complexity index is 1050. The van der Waals surface area contributed by atoms with Gasteiger partial charge in [-0.1, -0.05) is 43.5 Å². The largest absolute Gasteiger partial charge is 0.340 e. The zero-order chi connectivity index (χ0) is 21.8. The molecule has 1 heterocycles. The third-order valence-electron chi connectivity index (χ3n) is 6.55. The van der Waals surface area contributed by atoms with Gasteiger partial charge < -0.3 is 14.4 Å². The minimum Gasteiger partial charge on any atom is -0.340 e. The fourth-order valence-corrected chi connectivity index (χ4v) is 4.80. The molecule has 3 aromatic rings. The van der Waals surface area contributed by atoms with E-state index in [0.29, 0.717) is 16.7 Å². The van der Waals surface area contributed by atoms with Crippen molar-refractivity contribution >= 4 is 27.7 Å². The smallest absolute Gasteiger partial charge is 0.242 e. The predicted molar refractivity (Wildman–Crippen MR) is 127 cm³/mol. The van der Waals surface area contributed by atoms with Crippen molar-refractivity contribution in [1.82, 2.24) is 14.4 Å². The van der Waals surface area contributed by atoms with Gasteiger partial charge in [-0.25, -0.2) is 0 Å². The number of nitrogens with zero attached hydrogens (tertiary/aromatic N) is 3. The summed E-state index contributed by atoms with van der Waals surface area (Å²) in [5.41, 5.74) is 1.68. The van der Waals surface area contributed by atoms with E-state index in [2.05, 4.69) is 9.80 Å². The van der Waals surface area contributed by atoms with Crippen LogP contribution in [-0.2, 0) is 11.3 Å². The molecule has 0 spiro atoms. The molecule has 5 heteroatoms. The second kappa shape index (κ2) is 9.65. The van der Waals surface area contributed by atoms with Crippen molar-refractivity contribution in [3.8, 4) is 0 Å². The topological polar surface area (TPSA) is 45.5 Å². The maximum atomic E-state index is 13.6. The van der Waals surface area contributed by atoms with Gasteiger partial charge in [0.2, 0.25) is 5.91 Å². The molecule has 164 valence electrons. The van der Waals surface area contributed by atoms with E-state index in [1.165, 1.54) is 32.1 Å². The molecule has 4 rings (SSSR count). The highest BCUT2D eigenvalue weighted by Gasteiger charge is 2.22. The molecule has 1 saturated carbocycles. The summed E-state index contributed by atoms with van der Waals surface area (Å²) < 4.78 is 2.03. The molecule has 1 amide bonds. The number of carbonyl (C=O) groups excluding carboxylic acids is 1. The molecule has 0 aliphatic heterocycles. The first-order chi connectivity index (χ1) is 15.0. The quantitative estimate of drug-likeness (QED) is 0.541. The number of para-hydroxylation sites is 2. The van der Waals surface area contributed by atoms with Crippen LogP contribution in [0.3, 0.4) is 0 Å². The summed E-state index contributed by atoms with van der Waals surface area (Å²) in [4.78, 5) is 30.7. The van der Waals surface area contributed by atoms with Crippen LogP contribution in [0.5, 0.6) is 0 Å². The van der Waals surface area contributed by atoms with Crippen LogP contribution in [0.1, 0.15) is 32.1 Å². The van der Waals surface area contributed by atoms with E-state index in [-0.39, 0.29) is 17.9 Å². The standard InChI is InChI=1S/C26H33N3O2/c1-27(2)16-17-28(18-20-10-4-3-5-11-20)25(30)19-29-23-14-8-6-12-21(23)26(31)22-13-7-9-15-24(22)29/h6-9,12-15,20H,3-5,10-11,16-19H2,1-2H3. The number of aromatic nitrogens is 1. The summed E-state index contributed by atoms with van der Waals surface area (Å²) in [6, 6.07) is 15.2. The zero-order valence-electron chi connectivity index (χ0n) is 18.7. The van der Waals surface area contributed by atoms with E-state index in [1.54, 1.807) is 0 Å². The highest BCUT2D eigenvalue weighted by molar-refractivity contribution is 5.94. The monoisotopic (exact) mass is 419 g/mol. The van der Waals surface area contributed by atoms with E-state index in [9.17, 15) is 9.59 Å². The molecule has 1 aliphatic rings. The number of rotatable bonds is 7. The average Bonchev–Trinajstić information content (AvgIpc) is 2.80. The molecule has 2 aromatic carbocycles. The minimum atomic E-state index is 0.0292. The fraction of sp³-hybridized carbons (Fsp3) is 0.462. The maximum absolute atomic E-state index is 13.6. The molecule has 0 bridgehead atoms. The summed E-state index contributed by atoms with van der Waals surface area (Å²) >= 11 is 0. The van der Waals surface area contributed by atoms with Crippen LogP contribution in [0.15, 0.2) is 53.3 Å². The number of hydrogen-bond donors (Lipinski definition) is 0. The summed E-state index contributed by atoms with van der Waals surface area (Å²) in [5.74, 6) is 0.730. The third kappa shape index (κ3) is 4.82. The molecule has 0 N–H and O–H groups in total. The van der Waals surface area contributed by atoms with Gasteiger partial charge in [-0.2, -0.15) is 0 Å². The number of carbonyl (C=O) groups is 1. The van der Waals surface area contributed by atoms with Crippen LogP contribution in [0.25, 0.3) is 21.8 Å². The Kier molecular flexibility index (Phi) is 6.71. The van der Waals surface area contributed by atoms with Gasteiger partial charge in [0, 0.05) is 30.4 Å². The Labute approximate surface area is 184 Å². The van der Waals surface area contributed by atoms with Gasteiger partial charge >= 0.3 is 0 Å². The van der Waals surface area contributed by atoms with E-state index in [4.69, 9.17) is 0 Å². The zero-order valence-corrected chi connectivity index (χ0v) is 18.7. The van der Waals surface area contributed by atoms with Gasteiger partial charge in [-0.15, -0.1) is 0 Å². The number of amides is 1. The summed E-state index contributed by atoms with van der Waals surface area (Å²) in [7, 11) is 4.10. The SMILES string of the molecule is CN(C)CCN(CC1CCCCC1)C(=O)Cn1c2ccccc2c(=O)c2ccccc21. The Balaban J connectivity index is 1.68. The van der Waals surface area contributed by atoms with Crippen molar-refractivity contribution in [3.05, 3.63) is 58.8 Å². The molecular formula is C26H33N3O2. The lowest BCUT2D eigenvalue weighted by atomic mass is 9.89. The van der Waals surface area contributed by atoms with Crippen LogP contribution in [-0.4, -0.2) is 54.0 Å². The third-order valence-corrected chi connectivity index (χ3v) is 6.55. The molecule has 0 radical (unpaired) electrons. The normalized spacial score (nSPS) is 15.1. The fourth-order valence-electron chi connectivity index (χ4n) is 4.80. The first kappa shape index (κ1) is 21.6. The van der Waals surface area contributed by atoms with Crippen molar-refractivity contribution in [1.29, 1.82) is 0 Å². The molecule has 1 fully saturated rings. The lowest BCUT2D eigenvalue weighted by molar-refractivity contribution is -0.132. The van der Waals surface area contributed by atoms with Gasteiger partial charge in [0.15, 0.2) is 5.43 Å². The molecule has 5 nitrogen and oxygen atoms in total. The highest BCUT2D eigenvalue weighted by Crippen LogP contribution is 2.25. The first-order valence-corrected chi connectivity index (χ1v) is 11.5.